The number of nitrogens with two attached hydrogens (primary N) is 1. The van der Waals surface area contributed by atoms with E-state index in [1.807, 2.05) is 16.8 Å². The van der Waals surface area contributed by atoms with Crippen LogP contribution in [-0.4, -0.2) is 26.9 Å². The molecule has 7 heteroatoms. The summed E-state index contributed by atoms with van der Waals surface area (Å²) in [5.74, 6) is 6.85. The standard InChI is InChI=1S/C12H14N6O/c1-19-10-5-3-2-4-9(10)18-12-8(6-16-18)11(17-13)14-7-15-12/h2-3,5-7,9H,4,13H2,1H3,(H,14,15,17). The van der Waals surface area contributed by atoms with Gasteiger partial charge in [0.15, 0.2) is 11.5 Å². The molecule has 1 unspecified atom stereocenters. The molecule has 2 heterocycles. The topological polar surface area (TPSA) is 90.9 Å². The fraction of sp³-hybridized carbons (Fsp3) is 0.250. The molecule has 0 aliphatic heterocycles. The number of aromatic nitrogens is 4. The van der Waals surface area contributed by atoms with Crippen LogP contribution in [-0.2, 0) is 4.74 Å². The van der Waals surface area contributed by atoms with Gasteiger partial charge in [-0.25, -0.2) is 20.5 Å². The zero-order valence-corrected chi connectivity index (χ0v) is 10.4. The second-order valence-electron chi connectivity index (χ2n) is 4.15. The van der Waals surface area contributed by atoms with Gasteiger partial charge in [0.2, 0.25) is 0 Å². The average Bonchev–Trinajstić information content (AvgIpc) is 2.90. The third kappa shape index (κ3) is 1.84. The van der Waals surface area contributed by atoms with Crippen LogP contribution in [0, 0.1) is 0 Å². The SMILES string of the molecule is COC1=CC=CCC1n1ncc2c(NN)ncnc21. The summed E-state index contributed by atoms with van der Waals surface area (Å²) in [6, 6.07) is 0.00743. The van der Waals surface area contributed by atoms with Gasteiger partial charge in [0.25, 0.3) is 0 Å². The van der Waals surface area contributed by atoms with Gasteiger partial charge in [0.05, 0.1) is 18.7 Å². The van der Waals surface area contributed by atoms with E-state index < -0.39 is 0 Å². The van der Waals surface area contributed by atoms with Gasteiger partial charge >= 0.3 is 0 Å². The van der Waals surface area contributed by atoms with Gasteiger partial charge in [0, 0.05) is 0 Å². The van der Waals surface area contributed by atoms with Crippen molar-refractivity contribution in [2.24, 2.45) is 5.84 Å². The quantitative estimate of drug-likeness (QED) is 0.633. The van der Waals surface area contributed by atoms with Gasteiger partial charge < -0.3 is 10.2 Å². The van der Waals surface area contributed by atoms with Crippen LogP contribution in [0.15, 0.2) is 36.5 Å². The Hall–Kier alpha value is -2.41. The fourth-order valence-electron chi connectivity index (χ4n) is 2.23. The second kappa shape index (κ2) is 4.69. The van der Waals surface area contributed by atoms with Crippen LogP contribution in [0.4, 0.5) is 5.82 Å². The van der Waals surface area contributed by atoms with Crippen molar-refractivity contribution in [3.63, 3.8) is 0 Å². The second-order valence-corrected chi connectivity index (χ2v) is 4.15. The first-order chi connectivity index (χ1) is 9.35. The molecule has 3 rings (SSSR count). The van der Waals surface area contributed by atoms with Crippen LogP contribution in [0.5, 0.6) is 0 Å². The van der Waals surface area contributed by atoms with Gasteiger partial charge in [-0.15, -0.1) is 0 Å². The molecule has 0 spiro atoms. The molecule has 0 aromatic carbocycles. The molecule has 1 atom stereocenters. The van der Waals surface area contributed by atoms with Crippen molar-refractivity contribution in [3.8, 4) is 0 Å². The average molecular weight is 258 g/mol. The van der Waals surface area contributed by atoms with Crippen LogP contribution >= 0.6 is 0 Å². The number of ether oxygens (including phenoxy) is 1. The van der Waals surface area contributed by atoms with E-state index in [0.717, 1.165) is 23.2 Å². The van der Waals surface area contributed by atoms with E-state index in [9.17, 15) is 0 Å². The molecule has 2 aromatic heterocycles. The Balaban J connectivity index is 2.11. The van der Waals surface area contributed by atoms with Crippen molar-refractivity contribution in [2.45, 2.75) is 12.5 Å². The maximum Gasteiger partial charge on any atom is 0.164 e. The highest BCUT2D eigenvalue weighted by atomic mass is 16.5. The summed E-state index contributed by atoms with van der Waals surface area (Å²) in [6.07, 6.45) is 9.96. The summed E-state index contributed by atoms with van der Waals surface area (Å²) < 4.78 is 7.23. The lowest BCUT2D eigenvalue weighted by atomic mass is 10.1. The molecule has 1 aliphatic carbocycles. The zero-order valence-electron chi connectivity index (χ0n) is 10.4. The van der Waals surface area contributed by atoms with Crippen molar-refractivity contribution in [3.05, 3.63) is 36.5 Å². The van der Waals surface area contributed by atoms with E-state index in [4.69, 9.17) is 10.6 Å². The van der Waals surface area contributed by atoms with Crippen LogP contribution < -0.4 is 11.3 Å². The minimum Gasteiger partial charge on any atom is -0.499 e. The lowest BCUT2D eigenvalue weighted by Crippen LogP contribution is -2.16. The molecule has 0 saturated carbocycles. The Morgan fingerprint density at radius 2 is 2.37 bits per heavy atom. The van der Waals surface area contributed by atoms with Crippen molar-refractivity contribution in [2.75, 3.05) is 12.5 Å². The summed E-state index contributed by atoms with van der Waals surface area (Å²) >= 11 is 0. The van der Waals surface area contributed by atoms with Crippen molar-refractivity contribution < 1.29 is 4.74 Å². The molecule has 0 saturated heterocycles. The minimum absolute atomic E-state index is 0.00743. The number of hydrogen-bond donors (Lipinski definition) is 2. The van der Waals surface area contributed by atoms with E-state index in [-0.39, 0.29) is 6.04 Å². The number of hydrazine groups is 1. The Kier molecular flexibility index (Phi) is 2.88. The molecule has 7 nitrogen and oxygen atoms in total. The summed E-state index contributed by atoms with van der Waals surface area (Å²) in [5.41, 5.74) is 3.28. The Morgan fingerprint density at radius 1 is 1.47 bits per heavy atom. The molecule has 19 heavy (non-hydrogen) atoms. The first kappa shape index (κ1) is 11.7. The Morgan fingerprint density at radius 3 is 3.16 bits per heavy atom. The molecular formula is C12H14N6O. The summed E-state index contributed by atoms with van der Waals surface area (Å²) in [4.78, 5) is 8.34. The number of allylic oxidation sites excluding steroid dienone is 4. The number of nitrogen functional groups attached to an aromatic ring is 1. The van der Waals surface area contributed by atoms with Crippen LogP contribution in [0.3, 0.4) is 0 Å². The van der Waals surface area contributed by atoms with Crippen molar-refractivity contribution >= 4 is 16.9 Å². The number of nitrogens with zero attached hydrogens (tertiary/aromatic N) is 4. The smallest absolute Gasteiger partial charge is 0.164 e. The third-order valence-electron chi connectivity index (χ3n) is 3.14. The van der Waals surface area contributed by atoms with Crippen molar-refractivity contribution in [1.29, 1.82) is 0 Å². The fourth-order valence-corrected chi connectivity index (χ4v) is 2.23. The number of nitrogens with one attached hydrogen (secondary N) is 1. The Bertz CT molecular complexity index is 659. The van der Waals surface area contributed by atoms with Gasteiger partial charge in [-0.3, -0.25) is 0 Å². The van der Waals surface area contributed by atoms with Gasteiger partial charge in [0.1, 0.15) is 18.1 Å². The highest BCUT2D eigenvalue weighted by Crippen LogP contribution is 2.29. The maximum absolute atomic E-state index is 5.43. The number of hydrogen-bond acceptors (Lipinski definition) is 6. The monoisotopic (exact) mass is 258 g/mol. The maximum atomic E-state index is 5.43. The lowest BCUT2D eigenvalue weighted by molar-refractivity contribution is 0.235. The summed E-state index contributed by atoms with van der Waals surface area (Å²) in [5, 5.41) is 5.18. The van der Waals surface area contributed by atoms with E-state index in [1.165, 1.54) is 6.33 Å². The van der Waals surface area contributed by atoms with E-state index >= 15 is 0 Å². The van der Waals surface area contributed by atoms with Crippen molar-refractivity contribution in [1.82, 2.24) is 19.7 Å². The molecule has 98 valence electrons. The molecule has 0 radical (unpaired) electrons. The van der Waals surface area contributed by atoms with E-state index in [2.05, 4.69) is 26.6 Å². The number of fused-ring (bicyclic) bond motifs is 1. The predicted octanol–water partition coefficient (Wildman–Crippen LogP) is 1.14. The highest BCUT2D eigenvalue weighted by Gasteiger charge is 2.22. The van der Waals surface area contributed by atoms with Gasteiger partial charge in [-0.1, -0.05) is 12.2 Å². The molecule has 3 N–H and O–H groups in total. The molecule has 0 bridgehead atoms. The Labute approximate surface area is 109 Å². The van der Waals surface area contributed by atoms with Crippen LogP contribution in [0.1, 0.15) is 12.5 Å². The third-order valence-corrected chi connectivity index (χ3v) is 3.14. The first-order valence-electron chi connectivity index (χ1n) is 5.90. The lowest BCUT2D eigenvalue weighted by Gasteiger charge is -2.21. The zero-order chi connectivity index (χ0) is 13.2. The van der Waals surface area contributed by atoms with Gasteiger partial charge in [-0.05, 0) is 12.5 Å². The molecule has 0 fully saturated rings. The number of anilines is 1. The predicted molar refractivity (Wildman–Crippen MR) is 71.0 cm³/mol. The normalized spacial score (nSPS) is 18.4. The summed E-state index contributed by atoms with van der Waals surface area (Å²) in [7, 11) is 1.66. The van der Waals surface area contributed by atoms with Gasteiger partial charge in [-0.2, -0.15) is 5.10 Å². The first-order valence-corrected chi connectivity index (χ1v) is 5.90. The molecule has 0 amide bonds. The highest BCUT2D eigenvalue weighted by molar-refractivity contribution is 5.85. The van der Waals surface area contributed by atoms with E-state index in [1.54, 1.807) is 13.3 Å². The molecular weight excluding hydrogens is 244 g/mol. The minimum atomic E-state index is 0.00743. The number of methoxy groups -OCH3 is 1. The van der Waals surface area contributed by atoms with Crippen LogP contribution in [0.25, 0.3) is 11.0 Å². The largest absolute Gasteiger partial charge is 0.499 e. The van der Waals surface area contributed by atoms with E-state index in [0.29, 0.717) is 5.82 Å². The number of rotatable bonds is 3. The molecule has 2 aromatic rings. The molecule has 1 aliphatic rings. The van der Waals surface area contributed by atoms with Crippen LogP contribution in [0.2, 0.25) is 0 Å². The summed E-state index contributed by atoms with van der Waals surface area (Å²) in [6.45, 7) is 0.